The molecule has 0 saturated carbocycles. The molecule has 0 saturated heterocycles. The molecule has 0 radical (unpaired) electrons. The molecule has 10 N–H and O–H groups in total. The van der Waals surface area contributed by atoms with E-state index in [-0.39, 0.29) is 26.9 Å². The number of non-ortho nitro benzene ring substituents is 3. The molecule has 21 aromatic rings. The molecule has 0 amide bonds. The first-order valence-electron chi connectivity index (χ1n) is 39.5. The van der Waals surface area contributed by atoms with Crippen LogP contribution in [0.3, 0.4) is 0 Å². The number of aromatic nitrogens is 7. The maximum Gasteiger partial charge on any atom is 0.270 e. The maximum atomic E-state index is 10.8. The van der Waals surface area contributed by atoms with E-state index >= 15 is 0 Å². The Kier molecular flexibility index (Phi) is 32.7. The van der Waals surface area contributed by atoms with Crippen LogP contribution in [0.5, 0.6) is 0 Å². The molecule has 21 rings (SSSR count). The molecule has 0 unspecified atom stereocenters. The van der Waals surface area contributed by atoms with Crippen LogP contribution >= 0.6 is 233 Å². The van der Waals surface area contributed by atoms with Gasteiger partial charge in [0, 0.05) is 176 Å². The summed E-state index contributed by atoms with van der Waals surface area (Å²) in [5.74, 6) is 0. The Balaban J connectivity index is 0.000000119. The van der Waals surface area contributed by atoms with E-state index < -0.39 is 4.92 Å². The van der Waals surface area contributed by atoms with Gasteiger partial charge in [-0.2, -0.15) is 0 Å². The van der Waals surface area contributed by atoms with E-state index in [1.807, 2.05) is 168 Å². The predicted molar refractivity (Wildman–Crippen MR) is 608 cm³/mol. The highest BCUT2D eigenvalue weighted by Gasteiger charge is 2.19. The van der Waals surface area contributed by atoms with Crippen LogP contribution in [0, 0.1) is 44.6 Å². The molecule has 0 fully saturated rings. The van der Waals surface area contributed by atoms with E-state index in [0.717, 1.165) is 190 Å². The van der Waals surface area contributed by atoms with Crippen molar-refractivity contribution in [3.8, 4) is 74.0 Å². The summed E-state index contributed by atoms with van der Waals surface area (Å²) in [5, 5.41) is 51.6. The quantitative estimate of drug-likeness (QED) is 0.0230. The van der Waals surface area contributed by atoms with Crippen LogP contribution in [0.1, 0.15) is 0 Å². The maximum absolute atomic E-state index is 10.8. The van der Waals surface area contributed by atoms with Gasteiger partial charge in [-0.15, -0.1) is 79.4 Å². The van der Waals surface area contributed by atoms with Crippen molar-refractivity contribution < 1.29 is 14.8 Å². The lowest BCUT2D eigenvalue weighted by molar-refractivity contribution is -0.384. The first-order valence-corrected chi connectivity index (χ1v) is 52.7. The number of rotatable bonds is 14. The van der Waals surface area contributed by atoms with Gasteiger partial charge in [-0.25, -0.2) is 34.9 Å². The van der Waals surface area contributed by atoms with Gasteiger partial charge in [0.15, 0.2) is 0 Å². The van der Waals surface area contributed by atoms with Gasteiger partial charge in [0.25, 0.3) is 17.1 Å². The average Bonchev–Trinajstić information content (AvgIpc) is 1.67. The van der Waals surface area contributed by atoms with Crippen LogP contribution in [0.25, 0.3) is 146 Å². The van der Waals surface area contributed by atoms with Crippen molar-refractivity contribution >= 4 is 362 Å². The summed E-state index contributed by atoms with van der Waals surface area (Å²) in [5.41, 5.74) is 38.3. The molecule has 0 aliphatic heterocycles. The molecule has 0 spiro atoms. The lowest BCUT2D eigenvalue weighted by Gasteiger charge is -2.04. The Morgan fingerprint density at radius 2 is 0.481 bits per heavy atom. The average molecular weight is 2590 g/mol. The number of hydrogen-bond acceptors (Lipinski definition) is 27. The number of fused-ring (bicyclic) bond motifs is 7. The fraction of sp³-hybridized carbons (Fsp3) is 0.0421. The van der Waals surface area contributed by atoms with Crippen molar-refractivity contribution in [2.24, 2.45) is 0 Å². The summed E-state index contributed by atoms with van der Waals surface area (Å²) in [7, 11) is 7.61. The largest absolute Gasteiger partial charge is 0.399 e. The lowest BCUT2D eigenvalue weighted by Crippen LogP contribution is -1.91. The Hall–Kier alpha value is -10.1. The van der Waals surface area contributed by atoms with Gasteiger partial charge in [0.05, 0.1) is 86.3 Å². The number of anilines is 7. The van der Waals surface area contributed by atoms with E-state index in [9.17, 15) is 30.3 Å². The molecular weight excluding hydrogens is 2530 g/mol. The summed E-state index contributed by atoms with van der Waals surface area (Å²) in [4.78, 5) is 63.4. The highest BCUT2D eigenvalue weighted by Crippen LogP contribution is 2.42. The second-order valence-electron chi connectivity index (χ2n) is 28.4. The molecule has 0 aliphatic carbocycles. The summed E-state index contributed by atoms with van der Waals surface area (Å²) in [6.07, 6.45) is 0. The van der Waals surface area contributed by atoms with Crippen molar-refractivity contribution in [3.63, 3.8) is 0 Å². The number of nitrogens with zero attached hydrogens (tertiary/aromatic N) is 10. The van der Waals surface area contributed by atoms with Crippen LogP contribution in [0.15, 0.2) is 291 Å². The Bertz CT molecular complexity index is 7910. The standard InChI is InChI=1S/C14H10BrIN2S.C14H11BrN2S.C14H10IN3O2S.C14H11N3O2S.C13H8BrIN2S.C13H9BrN2S.C13H8IN3O2S/c1-17-11-4-2-8(6-10(11)16)14-18-12-5-3-9(15)7-13(12)19-14;1-16-11-5-2-9(3-6-11)14-17-12-7-4-10(15)8-13(12)18-14;1-16-11-4-2-8(6-10(11)15)14-17-12-5-3-9(18(19)20)7-13(12)21-14;1-15-10-4-2-9(3-5-10)14-16-12-7-6-11(17(18)19)8-13(12)20-14;14-8-2-4-11-12(6-8)18-13(17-11)7-1-3-10(16)9(15)5-7;14-9-3-6-11-12(7-9)17-13(16-11)8-1-4-10(15)5-2-8;14-9-5-7(1-3-10(9)15)13-16-11-4-2-8(17(18)19)6-12(11)20-13/h2-7,17H,1H3;2-8,16H,1H3;2-7,16H,1H3;2-8,15H,1H3;1-6H,16H2;1-7H,15H2;1-6H,15H2. The van der Waals surface area contributed by atoms with E-state index in [1.54, 1.807) is 81.7 Å². The monoisotopic (exact) mass is 2590 g/mol. The number of benzene rings is 14. The van der Waals surface area contributed by atoms with Gasteiger partial charge < -0.3 is 38.5 Å². The summed E-state index contributed by atoms with van der Waals surface area (Å²) >= 11 is 34.1. The minimum absolute atomic E-state index is 0.0830. The second kappa shape index (κ2) is 44.6. The number of halogens is 8. The molecule has 38 heteroatoms. The minimum atomic E-state index is -0.398. The van der Waals surface area contributed by atoms with Gasteiger partial charge >= 0.3 is 0 Å². The number of nitro groups is 3. The molecule has 7 aromatic heterocycles. The number of hydrogen-bond donors (Lipinski definition) is 7. The third-order valence-electron chi connectivity index (χ3n) is 19.6. The molecule has 0 atom stereocenters. The topological polar surface area (TPSA) is 346 Å². The fourth-order valence-electron chi connectivity index (χ4n) is 12.7. The lowest BCUT2D eigenvalue weighted by atomic mass is 10.2. The zero-order chi connectivity index (χ0) is 93.8. The van der Waals surface area contributed by atoms with Crippen molar-refractivity contribution in [2.45, 2.75) is 0 Å². The first-order chi connectivity index (χ1) is 64.1. The third-order valence-corrected chi connectivity index (χ3v) is 32.7. The van der Waals surface area contributed by atoms with E-state index in [0.29, 0.717) is 0 Å². The molecule has 0 bridgehead atoms. The summed E-state index contributed by atoms with van der Waals surface area (Å²) in [6, 6.07) is 87.0. The first kappa shape index (κ1) is 97.5. The smallest absolute Gasteiger partial charge is 0.270 e. The van der Waals surface area contributed by atoms with Gasteiger partial charge in [-0.1, -0.05) is 63.7 Å². The number of nitrogens with one attached hydrogen (secondary N) is 4. The van der Waals surface area contributed by atoms with Crippen LogP contribution in [-0.4, -0.2) is 77.8 Å². The molecule has 14 aromatic carbocycles. The molecule has 7 heterocycles. The molecule has 666 valence electrons. The van der Waals surface area contributed by atoms with Crippen molar-refractivity contribution in [1.82, 2.24) is 34.9 Å². The van der Waals surface area contributed by atoms with Gasteiger partial charge in [-0.3, -0.25) is 30.3 Å². The molecular formula is C95H67Br4I4N17O6S7. The zero-order valence-electron chi connectivity index (χ0n) is 69.5. The van der Waals surface area contributed by atoms with Crippen molar-refractivity contribution in [3.05, 3.63) is 336 Å². The van der Waals surface area contributed by atoms with E-state index in [2.05, 4.69) is 284 Å². The third kappa shape index (κ3) is 24.6. The highest BCUT2D eigenvalue weighted by atomic mass is 127. The van der Waals surface area contributed by atoms with Crippen molar-refractivity contribution in [1.29, 1.82) is 0 Å². The van der Waals surface area contributed by atoms with Crippen LogP contribution in [0.2, 0.25) is 0 Å². The van der Waals surface area contributed by atoms with Gasteiger partial charge in [0.1, 0.15) is 35.1 Å². The Morgan fingerprint density at radius 3 is 0.714 bits per heavy atom. The minimum Gasteiger partial charge on any atom is -0.399 e. The fourth-order valence-corrected chi connectivity index (χ4v) is 24.4. The summed E-state index contributed by atoms with van der Waals surface area (Å²) in [6.45, 7) is 0. The Labute approximate surface area is 876 Å². The number of nitrogen functional groups attached to an aromatic ring is 3. The van der Waals surface area contributed by atoms with Crippen LogP contribution < -0.4 is 38.5 Å². The van der Waals surface area contributed by atoms with Gasteiger partial charge in [-0.05, 0) is 327 Å². The Morgan fingerprint density at radius 1 is 0.263 bits per heavy atom. The SMILES string of the molecule is CNc1ccc(-c2nc3ccc(Br)cc3s2)cc1.CNc1ccc(-c2nc3ccc(Br)cc3s2)cc1I.CNc1ccc(-c2nc3ccc([N+](=O)[O-])cc3s2)cc1.CNc1ccc(-c2nc3ccc([N+](=O)[O-])cc3s2)cc1I.Nc1ccc(-c2nc3ccc(Br)cc3s2)cc1.Nc1ccc(-c2nc3ccc(Br)cc3s2)cc1I.Nc1ccc(-c2nc3ccc([N+](=O)[O-])cc3s2)cc1I. The van der Waals surface area contributed by atoms with Crippen LogP contribution in [-0.2, 0) is 0 Å². The summed E-state index contributed by atoms with van der Waals surface area (Å²) < 4.78 is 15.9. The normalized spacial score (nSPS) is 10.8. The van der Waals surface area contributed by atoms with Crippen molar-refractivity contribution in [2.75, 3.05) is 66.7 Å². The molecule has 0 aliphatic rings. The van der Waals surface area contributed by atoms with E-state index in [1.165, 1.54) is 80.1 Å². The number of thiazole rings is 7. The number of nitro benzene ring substituents is 3. The number of nitrogens with two attached hydrogens (primary N) is 3. The second-order valence-corrected chi connectivity index (χ2v) is 44.0. The van der Waals surface area contributed by atoms with E-state index in [4.69, 9.17) is 22.2 Å². The zero-order valence-corrected chi connectivity index (χ0v) is 90.2. The molecule has 133 heavy (non-hydrogen) atoms. The predicted octanol–water partition coefficient (Wildman–Crippen LogP) is 31.8. The molecule has 23 nitrogen and oxygen atoms in total. The van der Waals surface area contributed by atoms with Crippen LogP contribution in [0.4, 0.5) is 56.9 Å². The van der Waals surface area contributed by atoms with Gasteiger partial charge in [0.2, 0.25) is 0 Å². The highest BCUT2D eigenvalue weighted by molar-refractivity contribution is 14.1.